The van der Waals surface area contributed by atoms with E-state index in [-0.39, 0.29) is 23.6 Å². The van der Waals surface area contributed by atoms with Crippen molar-refractivity contribution in [3.8, 4) is 0 Å². The van der Waals surface area contributed by atoms with Crippen LogP contribution in [0.2, 0.25) is 0 Å². The molecule has 0 aliphatic heterocycles. The van der Waals surface area contributed by atoms with Gasteiger partial charge in [-0.05, 0) is 37.6 Å². The van der Waals surface area contributed by atoms with Gasteiger partial charge in [0.15, 0.2) is 16.1 Å². The van der Waals surface area contributed by atoms with E-state index in [9.17, 15) is 9.59 Å². The van der Waals surface area contributed by atoms with E-state index in [1.54, 1.807) is 12.1 Å². The van der Waals surface area contributed by atoms with Crippen molar-refractivity contribution in [3.63, 3.8) is 0 Å². The quantitative estimate of drug-likeness (QED) is 0.261. The first-order valence-corrected chi connectivity index (χ1v) is 12.4. The van der Waals surface area contributed by atoms with E-state index in [1.807, 2.05) is 60.9 Å². The number of amides is 2. The Balaban J connectivity index is 1.41. The normalized spacial score (nSPS) is 11.8. The Morgan fingerprint density at radius 1 is 1.18 bits per heavy atom. The van der Waals surface area contributed by atoms with Crippen molar-refractivity contribution in [2.45, 2.75) is 31.6 Å². The highest BCUT2D eigenvalue weighted by atomic mass is 32.2. The number of nitrogens with zero attached hydrogens (tertiary/aromatic N) is 4. The Hall–Kier alpha value is -3.50. The highest BCUT2D eigenvalue weighted by molar-refractivity contribution is 7.99. The van der Waals surface area contributed by atoms with Gasteiger partial charge in [-0.15, -0.1) is 16.8 Å². The molecule has 2 aromatic heterocycles. The van der Waals surface area contributed by atoms with Gasteiger partial charge in [0.05, 0.1) is 22.0 Å². The Morgan fingerprint density at radius 3 is 2.71 bits per heavy atom. The zero-order chi connectivity index (χ0) is 24.1. The van der Waals surface area contributed by atoms with Gasteiger partial charge in [0.1, 0.15) is 0 Å². The standard InChI is InChI=1S/C24H24N6O2S2/c1-4-13-30-21(16(3)25-22(32)17-10-6-5-9-15(17)2)28-29-24(30)33-14-20(31)27-23-26-18-11-7-8-12-19(18)34-23/h4-12,16H,1,13-14H2,2-3H3,(H,25,32)(H,26,27,31)/t16-/m0/s1. The van der Waals surface area contributed by atoms with Crippen LogP contribution in [0, 0.1) is 6.92 Å². The van der Waals surface area contributed by atoms with Crippen LogP contribution in [-0.2, 0) is 11.3 Å². The molecule has 4 aromatic rings. The number of anilines is 1. The van der Waals surface area contributed by atoms with Gasteiger partial charge >= 0.3 is 0 Å². The van der Waals surface area contributed by atoms with Gasteiger partial charge in [-0.25, -0.2) is 4.98 Å². The summed E-state index contributed by atoms with van der Waals surface area (Å²) in [5.41, 5.74) is 2.37. The number of thiazole rings is 1. The van der Waals surface area contributed by atoms with Crippen LogP contribution in [0.15, 0.2) is 66.3 Å². The van der Waals surface area contributed by atoms with Crippen molar-refractivity contribution in [2.75, 3.05) is 11.1 Å². The molecule has 8 nitrogen and oxygen atoms in total. The van der Waals surface area contributed by atoms with Gasteiger partial charge in [-0.2, -0.15) is 0 Å². The second-order valence-corrected chi connectivity index (χ2v) is 9.55. The first kappa shape index (κ1) is 23.7. The van der Waals surface area contributed by atoms with Gasteiger partial charge in [-0.3, -0.25) is 9.59 Å². The van der Waals surface area contributed by atoms with E-state index in [2.05, 4.69) is 32.4 Å². The molecule has 0 saturated carbocycles. The minimum Gasteiger partial charge on any atom is -0.342 e. The molecule has 1 atom stereocenters. The fraction of sp³-hybridized carbons (Fsp3) is 0.208. The molecule has 10 heteroatoms. The molecule has 0 radical (unpaired) electrons. The van der Waals surface area contributed by atoms with Crippen molar-refractivity contribution in [1.82, 2.24) is 25.1 Å². The van der Waals surface area contributed by atoms with Crippen LogP contribution in [-0.4, -0.2) is 37.3 Å². The monoisotopic (exact) mass is 492 g/mol. The van der Waals surface area contributed by atoms with Gasteiger partial charge in [-0.1, -0.05) is 59.5 Å². The van der Waals surface area contributed by atoms with Crippen LogP contribution in [0.1, 0.15) is 34.7 Å². The van der Waals surface area contributed by atoms with Crippen molar-refractivity contribution < 1.29 is 9.59 Å². The van der Waals surface area contributed by atoms with Gasteiger partial charge in [0, 0.05) is 12.1 Å². The Bertz CT molecular complexity index is 1310. The maximum atomic E-state index is 12.7. The number of thioether (sulfide) groups is 1. The van der Waals surface area contributed by atoms with Crippen LogP contribution < -0.4 is 10.6 Å². The lowest BCUT2D eigenvalue weighted by atomic mass is 10.1. The second-order valence-electron chi connectivity index (χ2n) is 7.57. The highest BCUT2D eigenvalue weighted by Gasteiger charge is 2.21. The van der Waals surface area contributed by atoms with Gasteiger partial charge in [0.25, 0.3) is 5.91 Å². The van der Waals surface area contributed by atoms with E-state index in [0.29, 0.717) is 28.2 Å². The SMILES string of the molecule is C=CCn1c(SCC(=O)Nc2nc3ccccc3s2)nnc1[C@H](C)NC(=O)c1ccccc1C. The maximum Gasteiger partial charge on any atom is 0.252 e. The second kappa shape index (κ2) is 10.6. The summed E-state index contributed by atoms with van der Waals surface area (Å²) in [6.07, 6.45) is 1.73. The summed E-state index contributed by atoms with van der Waals surface area (Å²) >= 11 is 2.70. The number of allylic oxidation sites excluding steroid dienone is 1. The molecule has 2 N–H and O–H groups in total. The molecule has 0 saturated heterocycles. The molecule has 2 heterocycles. The third-order valence-corrected chi connectivity index (χ3v) is 6.97. The minimum atomic E-state index is -0.384. The lowest BCUT2D eigenvalue weighted by molar-refractivity contribution is -0.113. The molecule has 0 unspecified atom stereocenters. The zero-order valence-corrected chi connectivity index (χ0v) is 20.4. The third kappa shape index (κ3) is 5.35. The minimum absolute atomic E-state index is 0.148. The third-order valence-electron chi connectivity index (χ3n) is 5.05. The van der Waals surface area contributed by atoms with Crippen molar-refractivity contribution >= 4 is 50.3 Å². The number of benzene rings is 2. The first-order valence-electron chi connectivity index (χ1n) is 10.6. The summed E-state index contributed by atoms with van der Waals surface area (Å²) in [7, 11) is 0. The van der Waals surface area contributed by atoms with E-state index >= 15 is 0 Å². The molecule has 4 rings (SSSR count). The number of aryl methyl sites for hydroxylation is 1. The van der Waals surface area contributed by atoms with Crippen LogP contribution >= 0.6 is 23.1 Å². The summed E-state index contributed by atoms with van der Waals surface area (Å²) in [5.74, 6) is 0.383. The molecular weight excluding hydrogens is 468 g/mol. The van der Waals surface area contributed by atoms with E-state index in [0.717, 1.165) is 15.8 Å². The topological polar surface area (TPSA) is 102 Å². The Morgan fingerprint density at radius 2 is 1.94 bits per heavy atom. The first-order chi connectivity index (χ1) is 16.5. The summed E-state index contributed by atoms with van der Waals surface area (Å²) in [6.45, 7) is 8.01. The molecule has 0 aliphatic carbocycles. The number of aromatic nitrogens is 4. The highest BCUT2D eigenvalue weighted by Crippen LogP contribution is 2.26. The number of rotatable bonds is 9. The smallest absolute Gasteiger partial charge is 0.252 e. The predicted octanol–water partition coefficient (Wildman–Crippen LogP) is 4.60. The largest absolute Gasteiger partial charge is 0.342 e. The Labute approximate surface area is 205 Å². The van der Waals surface area contributed by atoms with Gasteiger partial charge < -0.3 is 15.2 Å². The summed E-state index contributed by atoms with van der Waals surface area (Å²) in [4.78, 5) is 29.7. The van der Waals surface area contributed by atoms with Crippen molar-refractivity contribution in [3.05, 3.63) is 78.1 Å². The van der Waals surface area contributed by atoms with Gasteiger partial charge in [0.2, 0.25) is 5.91 Å². The number of hydrogen-bond donors (Lipinski definition) is 2. The fourth-order valence-electron chi connectivity index (χ4n) is 3.41. The molecule has 0 spiro atoms. The molecule has 0 fully saturated rings. The summed E-state index contributed by atoms with van der Waals surface area (Å²) in [6, 6.07) is 14.8. The fourth-order valence-corrected chi connectivity index (χ4v) is 5.04. The molecular formula is C24H24N6O2S2. The average molecular weight is 493 g/mol. The number of para-hydroxylation sites is 1. The molecule has 2 amide bonds. The van der Waals surface area contributed by atoms with E-state index < -0.39 is 0 Å². The van der Waals surface area contributed by atoms with Crippen molar-refractivity contribution in [2.24, 2.45) is 0 Å². The Kier molecular flexibility index (Phi) is 7.39. The maximum absolute atomic E-state index is 12.7. The number of hydrogen-bond acceptors (Lipinski definition) is 7. The summed E-state index contributed by atoms with van der Waals surface area (Å²) < 4.78 is 2.87. The predicted molar refractivity (Wildman–Crippen MR) is 136 cm³/mol. The molecule has 174 valence electrons. The number of carbonyl (C=O) groups is 2. The van der Waals surface area contributed by atoms with Crippen LogP contribution in [0.5, 0.6) is 0 Å². The van der Waals surface area contributed by atoms with Crippen LogP contribution in [0.25, 0.3) is 10.2 Å². The zero-order valence-electron chi connectivity index (χ0n) is 18.8. The number of carbonyl (C=O) groups excluding carboxylic acids is 2. The molecule has 0 aliphatic rings. The summed E-state index contributed by atoms with van der Waals surface area (Å²) in [5, 5.41) is 15.5. The molecule has 34 heavy (non-hydrogen) atoms. The molecule has 0 bridgehead atoms. The van der Waals surface area contributed by atoms with E-state index in [4.69, 9.17) is 0 Å². The van der Waals surface area contributed by atoms with E-state index in [1.165, 1.54) is 23.1 Å². The molecule has 2 aromatic carbocycles. The average Bonchev–Trinajstić information content (AvgIpc) is 3.41. The number of nitrogens with one attached hydrogen (secondary N) is 2. The lowest BCUT2D eigenvalue weighted by Crippen LogP contribution is -2.29. The van der Waals surface area contributed by atoms with Crippen LogP contribution in [0.4, 0.5) is 5.13 Å². The number of fused-ring (bicyclic) bond motifs is 1. The van der Waals surface area contributed by atoms with Crippen molar-refractivity contribution in [1.29, 1.82) is 0 Å². The lowest BCUT2D eigenvalue weighted by Gasteiger charge is -2.16. The van der Waals surface area contributed by atoms with Crippen LogP contribution in [0.3, 0.4) is 0 Å².